The second kappa shape index (κ2) is 9.68. The largest absolute Gasteiger partial charge is 0.378 e. The van der Waals surface area contributed by atoms with Crippen LogP contribution < -0.4 is 0 Å². The molecule has 178 valence electrons. The van der Waals surface area contributed by atoms with Crippen LogP contribution >= 0.6 is 0 Å². The first-order valence-electron chi connectivity index (χ1n) is 13.3. The summed E-state index contributed by atoms with van der Waals surface area (Å²) in [6, 6.07) is 1.25. The number of hydrogen-bond acceptors (Lipinski definition) is 1. The van der Waals surface area contributed by atoms with Gasteiger partial charge in [0, 0.05) is 6.61 Å². The van der Waals surface area contributed by atoms with E-state index in [9.17, 15) is 13.2 Å². The van der Waals surface area contributed by atoms with Crippen molar-refractivity contribution in [1.29, 1.82) is 0 Å². The van der Waals surface area contributed by atoms with Crippen LogP contribution in [0.2, 0.25) is 0 Å². The van der Waals surface area contributed by atoms with Gasteiger partial charge in [-0.25, -0.2) is 13.2 Å². The van der Waals surface area contributed by atoms with Gasteiger partial charge < -0.3 is 4.74 Å². The Bertz CT molecular complexity index is 800. The topological polar surface area (TPSA) is 9.23 Å². The van der Waals surface area contributed by atoms with Crippen LogP contribution in [0.5, 0.6) is 0 Å². The van der Waals surface area contributed by atoms with Crippen molar-refractivity contribution in [2.24, 2.45) is 35.5 Å². The Hall–Kier alpha value is -1.03. The van der Waals surface area contributed by atoms with Crippen LogP contribution in [0.1, 0.15) is 88.7 Å². The zero-order valence-corrected chi connectivity index (χ0v) is 19.6. The summed E-state index contributed by atoms with van der Waals surface area (Å²) in [5.74, 6) is 1.46. The highest BCUT2D eigenvalue weighted by atomic mass is 19.2. The van der Waals surface area contributed by atoms with Gasteiger partial charge in [-0.2, -0.15) is 0 Å². The van der Waals surface area contributed by atoms with Crippen molar-refractivity contribution in [1.82, 2.24) is 0 Å². The van der Waals surface area contributed by atoms with Gasteiger partial charge in [0.1, 0.15) is 0 Å². The van der Waals surface area contributed by atoms with E-state index < -0.39 is 17.5 Å². The maximum Gasteiger partial charge on any atom is 0.194 e. The first-order valence-corrected chi connectivity index (χ1v) is 13.3. The molecule has 0 amide bonds. The minimum Gasteiger partial charge on any atom is -0.378 e. The molecule has 1 aromatic carbocycles. The number of fused-ring (bicyclic) bond motifs is 2. The molecule has 5 unspecified atom stereocenters. The SMILES string of the molecule is CCOC1CCC2CC(C3CCC(C4CCc5c(cc(F)c(F)c5F)C4)CC3)CCC2C1. The smallest absolute Gasteiger partial charge is 0.194 e. The van der Waals surface area contributed by atoms with Crippen LogP contribution in [0, 0.1) is 53.0 Å². The molecule has 0 aliphatic heterocycles. The van der Waals surface area contributed by atoms with Gasteiger partial charge in [0.15, 0.2) is 17.5 Å². The maximum absolute atomic E-state index is 14.1. The molecule has 0 bridgehead atoms. The lowest BCUT2D eigenvalue weighted by atomic mass is 9.61. The van der Waals surface area contributed by atoms with E-state index in [0.29, 0.717) is 41.9 Å². The van der Waals surface area contributed by atoms with Crippen molar-refractivity contribution in [3.05, 3.63) is 34.6 Å². The van der Waals surface area contributed by atoms with Crippen LogP contribution in [0.25, 0.3) is 0 Å². The molecule has 0 saturated heterocycles. The molecule has 0 N–H and O–H groups in total. The molecule has 0 radical (unpaired) electrons. The summed E-state index contributed by atoms with van der Waals surface area (Å²) >= 11 is 0. The van der Waals surface area contributed by atoms with Crippen molar-refractivity contribution < 1.29 is 17.9 Å². The monoisotopic (exact) mass is 448 g/mol. The van der Waals surface area contributed by atoms with E-state index in [1.165, 1.54) is 70.3 Å². The lowest BCUT2D eigenvalue weighted by molar-refractivity contribution is -0.0216. The van der Waals surface area contributed by atoms with Gasteiger partial charge in [-0.05, 0) is 143 Å². The second-order valence-electron chi connectivity index (χ2n) is 11.3. The lowest BCUT2D eigenvalue weighted by Gasteiger charge is -2.46. The van der Waals surface area contributed by atoms with Gasteiger partial charge in [0.05, 0.1) is 6.10 Å². The Labute approximate surface area is 191 Å². The first-order chi connectivity index (χ1) is 15.5. The molecule has 1 nitrogen and oxygen atoms in total. The average molecular weight is 449 g/mol. The maximum atomic E-state index is 14.1. The average Bonchev–Trinajstić information content (AvgIpc) is 2.82. The van der Waals surface area contributed by atoms with Crippen LogP contribution in [0.15, 0.2) is 6.07 Å². The molecule has 4 aliphatic rings. The molecule has 1 aromatic rings. The zero-order valence-electron chi connectivity index (χ0n) is 19.6. The molecule has 5 atom stereocenters. The molecule has 0 spiro atoms. The Morgan fingerprint density at radius 1 is 0.719 bits per heavy atom. The molecule has 3 saturated carbocycles. The fourth-order valence-electron chi connectivity index (χ4n) is 8.04. The van der Waals surface area contributed by atoms with Crippen molar-refractivity contribution in [3.8, 4) is 0 Å². The highest BCUT2D eigenvalue weighted by molar-refractivity contribution is 5.33. The first kappa shape index (κ1) is 22.7. The van der Waals surface area contributed by atoms with E-state index in [1.807, 2.05) is 0 Å². The number of benzene rings is 1. The van der Waals surface area contributed by atoms with Crippen molar-refractivity contribution >= 4 is 0 Å². The Balaban J connectivity index is 1.13. The highest BCUT2D eigenvalue weighted by Gasteiger charge is 2.40. The third kappa shape index (κ3) is 4.50. The predicted molar refractivity (Wildman–Crippen MR) is 121 cm³/mol. The Morgan fingerprint density at radius 2 is 1.31 bits per heavy atom. The molecular weight excluding hydrogens is 409 g/mol. The lowest BCUT2D eigenvalue weighted by Crippen LogP contribution is -2.37. The van der Waals surface area contributed by atoms with Gasteiger partial charge >= 0.3 is 0 Å². The summed E-state index contributed by atoms with van der Waals surface area (Å²) in [7, 11) is 0. The Morgan fingerprint density at radius 3 is 2.03 bits per heavy atom. The van der Waals surface area contributed by atoms with Crippen LogP contribution in [-0.4, -0.2) is 12.7 Å². The minimum atomic E-state index is -1.30. The summed E-state index contributed by atoms with van der Waals surface area (Å²) in [5.41, 5.74) is 1.13. The molecule has 3 fully saturated rings. The predicted octanol–water partition coefficient (Wildman–Crippen LogP) is 7.64. The van der Waals surface area contributed by atoms with E-state index in [0.717, 1.165) is 36.7 Å². The van der Waals surface area contributed by atoms with E-state index in [4.69, 9.17) is 4.74 Å². The number of ether oxygens (including phenoxy) is 1. The van der Waals surface area contributed by atoms with Crippen molar-refractivity contribution in [3.63, 3.8) is 0 Å². The second-order valence-corrected chi connectivity index (χ2v) is 11.3. The van der Waals surface area contributed by atoms with Gasteiger partial charge in [0.25, 0.3) is 0 Å². The van der Waals surface area contributed by atoms with Crippen LogP contribution in [0.3, 0.4) is 0 Å². The third-order valence-corrected chi connectivity index (χ3v) is 9.76. The number of halogens is 3. The Kier molecular flexibility index (Phi) is 6.88. The number of rotatable bonds is 4. The van der Waals surface area contributed by atoms with E-state index in [1.54, 1.807) is 0 Å². The van der Waals surface area contributed by atoms with Crippen molar-refractivity contribution in [2.75, 3.05) is 6.61 Å². The summed E-state index contributed by atoms with van der Waals surface area (Å²) < 4.78 is 47.4. The van der Waals surface area contributed by atoms with E-state index >= 15 is 0 Å². The molecule has 4 heteroatoms. The van der Waals surface area contributed by atoms with Gasteiger partial charge in [-0.15, -0.1) is 0 Å². The standard InChI is InChI=1S/C28H39F3O/c1-2-32-24-11-9-21-13-19(7-8-22(21)15-24)17-3-5-18(6-4-17)20-10-12-25-23(14-20)16-26(29)28(31)27(25)30/h16-22,24H,2-15H2,1H3. The van der Waals surface area contributed by atoms with Gasteiger partial charge in [-0.1, -0.05) is 0 Å². The van der Waals surface area contributed by atoms with Crippen LogP contribution in [0.4, 0.5) is 13.2 Å². The number of hydrogen-bond donors (Lipinski definition) is 0. The quantitative estimate of drug-likeness (QED) is 0.430. The van der Waals surface area contributed by atoms with Crippen LogP contribution in [-0.2, 0) is 17.6 Å². The highest BCUT2D eigenvalue weighted by Crippen LogP contribution is 2.49. The molecule has 32 heavy (non-hydrogen) atoms. The van der Waals surface area contributed by atoms with Gasteiger partial charge in [0.2, 0.25) is 0 Å². The zero-order chi connectivity index (χ0) is 22.2. The van der Waals surface area contributed by atoms with Gasteiger partial charge in [-0.3, -0.25) is 0 Å². The summed E-state index contributed by atoms with van der Waals surface area (Å²) in [6.45, 7) is 2.96. The molecule has 0 aromatic heterocycles. The van der Waals surface area contributed by atoms with E-state index in [-0.39, 0.29) is 0 Å². The fraction of sp³-hybridized carbons (Fsp3) is 0.786. The summed E-state index contributed by atoms with van der Waals surface area (Å²) in [4.78, 5) is 0. The molecular formula is C28H39F3O. The normalized spacial score (nSPS) is 37.6. The molecule has 5 rings (SSSR count). The molecule has 0 heterocycles. The summed E-state index contributed by atoms with van der Waals surface area (Å²) in [5, 5.41) is 0. The third-order valence-electron chi connectivity index (χ3n) is 9.76. The summed E-state index contributed by atoms with van der Waals surface area (Å²) in [6.07, 6.45) is 16.0. The van der Waals surface area contributed by atoms with Crippen molar-refractivity contribution in [2.45, 2.75) is 96.5 Å². The molecule has 4 aliphatic carbocycles. The fourth-order valence-corrected chi connectivity index (χ4v) is 8.04. The minimum absolute atomic E-state index is 0.421. The van der Waals surface area contributed by atoms with E-state index in [2.05, 4.69) is 6.92 Å².